The Morgan fingerprint density at radius 1 is 1.36 bits per heavy atom. The smallest absolute Gasteiger partial charge is 0.377 e. The van der Waals surface area contributed by atoms with E-state index in [1.807, 2.05) is 0 Å². The van der Waals surface area contributed by atoms with E-state index in [9.17, 15) is 18.0 Å². The first-order chi connectivity index (χ1) is 10.4. The van der Waals surface area contributed by atoms with Crippen molar-refractivity contribution in [3.05, 3.63) is 29.3 Å². The fourth-order valence-electron chi connectivity index (χ4n) is 2.71. The third-order valence-corrected chi connectivity index (χ3v) is 4.00. The van der Waals surface area contributed by atoms with Crippen LogP contribution in [-0.4, -0.2) is 32.3 Å². The molecule has 0 unspecified atom stereocenters. The maximum absolute atomic E-state index is 12.8. The minimum absolute atomic E-state index is 0.0896. The zero-order chi connectivity index (χ0) is 16.3. The van der Waals surface area contributed by atoms with Gasteiger partial charge in [0, 0.05) is 37.3 Å². The lowest BCUT2D eigenvalue weighted by atomic mass is 9.94. The average molecular weight is 313 g/mol. The van der Waals surface area contributed by atoms with Gasteiger partial charge in [0.1, 0.15) is 0 Å². The first-order valence-electron chi connectivity index (χ1n) is 7.04. The van der Waals surface area contributed by atoms with Crippen LogP contribution in [0.2, 0.25) is 0 Å². The summed E-state index contributed by atoms with van der Waals surface area (Å²) in [5, 5.41) is 10.6. The summed E-state index contributed by atoms with van der Waals surface area (Å²) in [5.41, 5.74) is -0.174. The van der Waals surface area contributed by atoms with Crippen LogP contribution in [0.5, 0.6) is 0 Å². The van der Waals surface area contributed by atoms with Gasteiger partial charge in [-0.15, -0.1) is 0 Å². The molecule has 2 rings (SSSR count). The quantitative estimate of drug-likeness (QED) is 0.512. The number of hydrogen-bond acceptors (Lipinski definition) is 3. The van der Waals surface area contributed by atoms with Crippen LogP contribution in [0.3, 0.4) is 0 Å². The third-order valence-electron chi connectivity index (χ3n) is 4.00. The molecule has 2 N–H and O–H groups in total. The molecule has 0 aromatic heterocycles. The summed E-state index contributed by atoms with van der Waals surface area (Å²) >= 11 is 0. The highest BCUT2D eigenvalue weighted by Gasteiger charge is 2.32. The maximum Gasteiger partial charge on any atom is 0.416 e. The fraction of sp³-hybridized carbons (Fsp3) is 0.467. The Morgan fingerprint density at radius 3 is 2.50 bits per heavy atom. The van der Waals surface area contributed by atoms with Crippen LogP contribution in [-0.2, 0) is 6.18 Å². The summed E-state index contributed by atoms with van der Waals surface area (Å²) < 4.78 is 38.5. The minimum Gasteiger partial charge on any atom is -0.377 e. The van der Waals surface area contributed by atoms with Gasteiger partial charge in [0.25, 0.3) is 0 Å². The standard InChI is InChI=1S/C15H18F3N3O/c1-20-14(19)10-4-6-21(7-5-10)13-8-12(15(16,17)18)3-2-11(13)9-22/h2-3,8-10H,4-7H2,1H3,(H2,19,20). The van der Waals surface area contributed by atoms with Crippen LogP contribution in [0.1, 0.15) is 28.8 Å². The van der Waals surface area contributed by atoms with E-state index in [1.54, 1.807) is 11.9 Å². The number of alkyl halides is 3. The molecule has 120 valence electrons. The van der Waals surface area contributed by atoms with E-state index in [-0.39, 0.29) is 11.5 Å². The summed E-state index contributed by atoms with van der Waals surface area (Å²) in [7, 11) is 1.69. The summed E-state index contributed by atoms with van der Waals surface area (Å²) in [6, 6.07) is 3.18. The van der Waals surface area contributed by atoms with Gasteiger partial charge < -0.3 is 10.2 Å². The highest BCUT2D eigenvalue weighted by Crippen LogP contribution is 2.34. The van der Waals surface area contributed by atoms with Crippen molar-refractivity contribution in [2.24, 2.45) is 5.92 Å². The molecule has 0 aliphatic carbocycles. The van der Waals surface area contributed by atoms with Crippen molar-refractivity contribution in [1.82, 2.24) is 5.32 Å². The number of piperidine rings is 1. The Bertz CT molecular complexity index is 564. The van der Waals surface area contributed by atoms with E-state index in [0.717, 1.165) is 12.1 Å². The Balaban J connectivity index is 2.22. The molecule has 1 heterocycles. The second-order valence-corrected chi connectivity index (χ2v) is 5.31. The molecule has 0 bridgehead atoms. The van der Waals surface area contributed by atoms with E-state index in [4.69, 9.17) is 5.41 Å². The third kappa shape index (κ3) is 3.40. The highest BCUT2D eigenvalue weighted by atomic mass is 19.4. The van der Waals surface area contributed by atoms with E-state index >= 15 is 0 Å². The molecule has 1 aliphatic heterocycles. The second kappa shape index (κ2) is 6.37. The van der Waals surface area contributed by atoms with Crippen LogP contribution in [0, 0.1) is 11.3 Å². The van der Waals surface area contributed by atoms with E-state index in [2.05, 4.69) is 5.32 Å². The van der Waals surface area contributed by atoms with Gasteiger partial charge in [0.15, 0.2) is 6.29 Å². The van der Waals surface area contributed by atoms with Crippen LogP contribution in [0.25, 0.3) is 0 Å². The van der Waals surface area contributed by atoms with Crippen LogP contribution < -0.4 is 10.2 Å². The van der Waals surface area contributed by atoms with Crippen molar-refractivity contribution in [3.63, 3.8) is 0 Å². The van der Waals surface area contributed by atoms with E-state index in [1.165, 1.54) is 6.07 Å². The molecule has 1 aliphatic rings. The van der Waals surface area contributed by atoms with E-state index < -0.39 is 11.7 Å². The Hall–Kier alpha value is -2.05. The SMILES string of the molecule is CNC(=N)C1CCN(c2cc(C(F)(F)F)ccc2C=O)CC1. The van der Waals surface area contributed by atoms with Crippen LogP contribution in [0.4, 0.5) is 18.9 Å². The van der Waals surface area contributed by atoms with Gasteiger partial charge in [-0.3, -0.25) is 10.2 Å². The number of nitrogens with one attached hydrogen (secondary N) is 2. The predicted molar refractivity (Wildman–Crippen MR) is 78.6 cm³/mol. The summed E-state index contributed by atoms with van der Waals surface area (Å²) in [6.45, 7) is 1.05. The largest absolute Gasteiger partial charge is 0.416 e. The van der Waals surface area contributed by atoms with Crippen molar-refractivity contribution < 1.29 is 18.0 Å². The molecule has 22 heavy (non-hydrogen) atoms. The Morgan fingerprint density at radius 2 is 2.00 bits per heavy atom. The fourth-order valence-corrected chi connectivity index (χ4v) is 2.71. The number of carbonyl (C=O) groups is 1. The molecule has 7 heteroatoms. The van der Waals surface area contributed by atoms with E-state index in [0.29, 0.717) is 43.7 Å². The van der Waals surface area contributed by atoms with Crippen molar-refractivity contribution >= 4 is 17.8 Å². The normalized spacial score (nSPS) is 16.5. The topological polar surface area (TPSA) is 56.2 Å². The number of hydrogen-bond donors (Lipinski definition) is 2. The van der Waals surface area contributed by atoms with Crippen LogP contribution >= 0.6 is 0 Å². The molecule has 0 radical (unpaired) electrons. The van der Waals surface area contributed by atoms with Crippen LogP contribution in [0.15, 0.2) is 18.2 Å². The summed E-state index contributed by atoms with van der Waals surface area (Å²) in [6.07, 6.45) is -2.50. The Labute approximate surface area is 126 Å². The number of halogens is 3. The first-order valence-corrected chi connectivity index (χ1v) is 7.04. The van der Waals surface area contributed by atoms with Crippen molar-refractivity contribution in [1.29, 1.82) is 5.41 Å². The molecular formula is C15H18F3N3O. The molecule has 1 aromatic rings. The van der Waals surface area contributed by atoms with Gasteiger partial charge in [-0.05, 0) is 31.0 Å². The predicted octanol–water partition coefficient (Wildman–Crippen LogP) is 2.93. The van der Waals surface area contributed by atoms with Gasteiger partial charge in [-0.1, -0.05) is 0 Å². The van der Waals surface area contributed by atoms with Crippen molar-refractivity contribution in [2.75, 3.05) is 25.0 Å². The average Bonchev–Trinajstić information content (AvgIpc) is 2.52. The summed E-state index contributed by atoms with van der Waals surface area (Å²) in [4.78, 5) is 12.9. The van der Waals surface area contributed by atoms with Gasteiger partial charge in [-0.2, -0.15) is 13.2 Å². The second-order valence-electron chi connectivity index (χ2n) is 5.31. The highest BCUT2D eigenvalue weighted by molar-refractivity contribution is 5.85. The lowest BCUT2D eigenvalue weighted by Crippen LogP contribution is -2.39. The molecule has 0 atom stereocenters. The van der Waals surface area contributed by atoms with Gasteiger partial charge >= 0.3 is 6.18 Å². The molecule has 1 saturated heterocycles. The monoisotopic (exact) mass is 313 g/mol. The number of benzene rings is 1. The lowest BCUT2D eigenvalue weighted by Gasteiger charge is -2.34. The lowest BCUT2D eigenvalue weighted by molar-refractivity contribution is -0.137. The van der Waals surface area contributed by atoms with Crippen molar-refractivity contribution in [2.45, 2.75) is 19.0 Å². The molecule has 0 spiro atoms. The molecule has 0 saturated carbocycles. The van der Waals surface area contributed by atoms with Gasteiger partial charge in [-0.25, -0.2) is 0 Å². The zero-order valence-electron chi connectivity index (χ0n) is 12.2. The molecular weight excluding hydrogens is 295 g/mol. The molecule has 1 fully saturated rings. The number of aldehydes is 1. The number of nitrogens with zero attached hydrogens (tertiary/aromatic N) is 1. The Kier molecular flexibility index (Phi) is 4.73. The van der Waals surface area contributed by atoms with Gasteiger partial charge in [0.2, 0.25) is 0 Å². The number of carbonyl (C=O) groups excluding carboxylic acids is 1. The number of anilines is 1. The zero-order valence-corrected chi connectivity index (χ0v) is 12.2. The molecule has 1 aromatic carbocycles. The van der Waals surface area contributed by atoms with Crippen molar-refractivity contribution in [3.8, 4) is 0 Å². The molecule has 0 amide bonds. The first kappa shape index (κ1) is 16.3. The maximum atomic E-state index is 12.8. The number of rotatable bonds is 3. The molecule has 4 nitrogen and oxygen atoms in total. The summed E-state index contributed by atoms with van der Waals surface area (Å²) in [5.74, 6) is 0.533. The van der Waals surface area contributed by atoms with Gasteiger partial charge in [0.05, 0.1) is 11.4 Å². The number of amidine groups is 1. The minimum atomic E-state index is -4.43.